The summed E-state index contributed by atoms with van der Waals surface area (Å²) in [6.07, 6.45) is 5.43. The second kappa shape index (κ2) is 47.1. The summed E-state index contributed by atoms with van der Waals surface area (Å²) >= 11 is 26.1. The van der Waals surface area contributed by atoms with Crippen LogP contribution in [-0.4, -0.2) is 149 Å². The first kappa shape index (κ1) is 104. The van der Waals surface area contributed by atoms with E-state index in [1.807, 2.05) is 274 Å². The minimum absolute atomic E-state index is 0.00133. The lowest BCUT2D eigenvalue weighted by Gasteiger charge is -2.36. The molecule has 0 bridgehead atoms. The van der Waals surface area contributed by atoms with E-state index in [1.54, 1.807) is 36.4 Å². The third-order valence-corrected chi connectivity index (χ3v) is 30.9. The van der Waals surface area contributed by atoms with Gasteiger partial charge in [-0.05, 0) is 432 Å². The lowest BCUT2D eigenvalue weighted by molar-refractivity contribution is -0.666. The van der Waals surface area contributed by atoms with Crippen LogP contribution < -0.4 is 34.9 Å². The quantitative estimate of drug-likeness (QED) is 0.00969. The molecule has 3 aliphatic rings. The van der Waals surface area contributed by atoms with E-state index >= 15 is 0 Å². The number of carbonyl (C=O) groups excluding carboxylic acids is 9. The number of carbonyl (C=O) groups is 9. The van der Waals surface area contributed by atoms with Crippen molar-refractivity contribution in [3.8, 4) is 51.7 Å². The summed E-state index contributed by atoms with van der Waals surface area (Å²) in [5.41, 5.74) is -2.06. The lowest BCUT2D eigenvalue weighted by Crippen LogP contribution is -2.86. The monoisotopic (exact) mass is 3150 g/mol. The third-order valence-electron chi connectivity index (χ3n) is 20.0. The Bertz CT molecular complexity index is 4900. The number of halogens is 13. The minimum atomic E-state index is -1.12. The topological polar surface area (TPSA) is 388 Å². The van der Waals surface area contributed by atoms with E-state index in [4.69, 9.17) is 42.6 Å². The van der Waals surface area contributed by atoms with Crippen LogP contribution in [0, 0.1) is 70.1 Å². The van der Waals surface area contributed by atoms with Crippen LogP contribution in [0.3, 0.4) is 0 Å². The van der Waals surface area contributed by atoms with Crippen LogP contribution >= 0.6 is 294 Å². The summed E-state index contributed by atoms with van der Waals surface area (Å²) in [7, 11) is 0. The molecule has 0 saturated carbocycles. The molecule has 3 saturated heterocycles. The summed E-state index contributed by atoms with van der Waals surface area (Å²) in [6, 6.07) is 27.7. The Kier molecular flexibility index (Phi) is 39.9. The number of aromatic hydroxyl groups is 5. The Labute approximate surface area is 885 Å². The van der Waals surface area contributed by atoms with Gasteiger partial charge in [-0.1, -0.05) is 0 Å². The van der Waals surface area contributed by atoms with E-state index in [-0.39, 0.29) is 108 Å². The SMILES string of the molecule is CC(C)(OC(=O)C(COC(=O)c1cc(I)cc(I)c1O)COC(=O)c1cc(I)cc(I)c1O)C1CC[NH2+]CC1.CC(C)(OC(=O)c1cc(OC(=O)c2cc(I)cc(I)c2O)cc(OC(=O)c2cc(I)cc(I)c2I)c1)C1CC[NH2+]CC1.CC(C)(OC(=O)c1cc(OC(=O)c2cc(I)cc(I)c2O)cc(OC(=O)c2cc(I)cc(I)c2O)c1)C1CC[NH2+]CC1. The van der Waals surface area contributed by atoms with Crippen molar-refractivity contribution in [1.29, 1.82) is 0 Å². The average molecular weight is 3150 g/mol. The molecule has 11 rings (SSSR count). The Morgan fingerprint density at radius 2 is 0.537 bits per heavy atom. The minimum Gasteiger partial charge on any atom is -0.506 e. The number of nitrogens with two attached hydrogens (primary N) is 3. The van der Waals surface area contributed by atoms with Gasteiger partial charge < -0.3 is 84.1 Å². The molecule has 8 aromatic rings. The Morgan fingerprint density at radius 1 is 0.309 bits per heavy atom. The molecule has 0 radical (unpaired) electrons. The van der Waals surface area contributed by atoms with Gasteiger partial charge in [-0.15, -0.1) is 0 Å². The number of benzene rings is 8. The standard InChI is InChI=1S/C29H24I5NO7.C29H25I4NO8.C26H27I4NO8/c1-29(2,15-3-5-35-6-4-15)42-26(37)14-7-18(40-27(38)20-9-16(30)11-22(32)24(20)34)13-19(8-14)41-28(39)21-10-17(31)12-23(33)25(21)36;1-29(2,15-3-5-34-6-4-15)42-26(37)14-7-18(40-27(38)20-9-16(30)11-22(32)24(20)35)13-19(8-14)41-28(39)21-10-17(31)12-23(33)25(21)36;1-26(2,14-3-5-31-6-4-14)39-23(34)13(11-37-24(35)17-7-15(27)9-19(29)21(17)32)12-38-25(36)18-8-16(28)10-20(30)22(18)33/h7-13,15,35-36H,3-6H2,1-2H3;7-13,15,34-36H,3-6H2,1-2H3;7-10,13-14,31-33H,3-6,11-12H2,1-2H3/p+3. The Hall–Kier alpha value is -2.64. The Morgan fingerprint density at radius 3 is 0.805 bits per heavy atom. The largest absolute Gasteiger partial charge is 0.506 e. The number of phenolic OH excluding ortho intramolecular Hbond substituents is 5. The number of ether oxygens (including phenoxy) is 9. The fourth-order valence-corrected chi connectivity index (χ4v) is 24.9. The predicted molar refractivity (Wildman–Crippen MR) is 561 cm³/mol. The highest BCUT2D eigenvalue weighted by Gasteiger charge is 2.41. The van der Waals surface area contributed by atoms with Gasteiger partial charge >= 0.3 is 53.7 Å². The summed E-state index contributed by atoms with van der Waals surface area (Å²) in [4.78, 5) is 118. The van der Waals surface area contributed by atoms with Gasteiger partial charge in [-0.3, -0.25) is 4.79 Å². The number of rotatable bonds is 23. The van der Waals surface area contributed by atoms with Crippen molar-refractivity contribution in [1.82, 2.24) is 0 Å². The molecule has 39 heteroatoms. The van der Waals surface area contributed by atoms with Crippen molar-refractivity contribution in [2.45, 2.75) is 96.9 Å². The first-order chi connectivity index (χ1) is 57.8. The third kappa shape index (κ3) is 29.4. The van der Waals surface area contributed by atoms with Gasteiger partial charge in [0.2, 0.25) is 0 Å². The maximum Gasteiger partial charge on any atom is 0.347 e. The maximum absolute atomic E-state index is 13.4. The van der Waals surface area contributed by atoms with Crippen molar-refractivity contribution in [3.05, 3.63) is 200 Å². The van der Waals surface area contributed by atoms with Gasteiger partial charge in [0.25, 0.3) is 0 Å². The fourth-order valence-electron chi connectivity index (χ4n) is 13.3. The van der Waals surface area contributed by atoms with Crippen molar-refractivity contribution in [2.24, 2.45) is 23.7 Å². The van der Waals surface area contributed by atoms with Crippen LogP contribution in [0.1, 0.15) is 163 Å². The van der Waals surface area contributed by atoms with Crippen LogP contribution in [0.15, 0.2) is 109 Å². The van der Waals surface area contributed by atoms with Crippen LogP contribution in [0.5, 0.6) is 51.7 Å². The number of quaternary nitrogens is 3. The molecule has 3 fully saturated rings. The first-order valence-corrected chi connectivity index (χ1v) is 51.5. The second-order valence-corrected chi connectivity index (χ2v) is 45.5. The zero-order chi connectivity index (χ0) is 90.4. The van der Waals surface area contributed by atoms with Crippen molar-refractivity contribution < 1.29 is 127 Å². The van der Waals surface area contributed by atoms with E-state index in [0.717, 1.165) is 99.2 Å². The molecule has 0 aliphatic carbocycles. The van der Waals surface area contributed by atoms with E-state index < -0.39 is 89.7 Å². The molecule has 0 unspecified atom stereocenters. The smallest absolute Gasteiger partial charge is 0.347 e. The molecule has 3 heterocycles. The van der Waals surface area contributed by atoms with Crippen LogP contribution in [0.4, 0.5) is 0 Å². The van der Waals surface area contributed by atoms with Crippen LogP contribution in [-0.2, 0) is 28.5 Å². The zero-order valence-corrected chi connectivity index (χ0v) is 93.9. The highest BCUT2D eigenvalue weighted by molar-refractivity contribution is 14.1. The first-order valence-electron chi connectivity index (χ1n) is 37.5. The van der Waals surface area contributed by atoms with Gasteiger partial charge in [0.15, 0.2) is 0 Å². The number of piperidine rings is 3. The zero-order valence-electron chi connectivity index (χ0n) is 65.8. The predicted octanol–water partition coefficient (Wildman–Crippen LogP) is 17.1. The van der Waals surface area contributed by atoms with Gasteiger partial charge in [-0.2, -0.15) is 0 Å². The summed E-state index contributed by atoms with van der Waals surface area (Å²) in [5.74, 6) is -8.75. The van der Waals surface area contributed by atoms with Crippen molar-refractivity contribution >= 4 is 347 Å². The average Bonchev–Trinajstić information content (AvgIpc) is 0.801. The fraction of sp³-hybridized carbons (Fsp3) is 0.321. The van der Waals surface area contributed by atoms with Gasteiger partial charge in [0.05, 0.1) is 73.8 Å². The van der Waals surface area contributed by atoms with Crippen molar-refractivity contribution in [3.63, 3.8) is 0 Å². The van der Waals surface area contributed by atoms with E-state index in [0.29, 0.717) is 30.6 Å². The molecular weight excluding hydrogens is 3070 g/mol. The molecule has 11 N–H and O–H groups in total. The Balaban J connectivity index is 0.000000209. The second-order valence-electron chi connectivity index (χ2n) is 29.9. The number of hydrogen-bond acceptors (Lipinski definition) is 23. The highest BCUT2D eigenvalue weighted by atomic mass is 127. The van der Waals surface area contributed by atoms with E-state index in [2.05, 4.69) is 83.7 Å². The molecule has 8 aromatic carbocycles. The van der Waals surface area contributed by atoms with Crippen molar-refractivity contribution in [2.75, 3.05) is 52.5 Å². The molecule has 123 heavy (non-hydrogen) atoms. The molecule has 0 atom stereocenters. The molecule has 3 aliphatic heterocycles. The van der Waals surface area contributed by atoms with E-state index in [1.165, 1.54) is 66.7 Å². The molecule has 656 valence electrons. The lowest BCUT2D eigenvalue weighted by atomic mass is 9.83. The normalized spacial score (nSPS) is 14.0. The maximum atomic E-state index is 13.4. The summed E-state index contributed by atoms with van der Waals surface area (Å²) in [5, 5.41) is 58.7. The summed E-state index contributed by atoms with van der Waals surface area (Å²) in [6.45, 7) is 16.1. The van der Waals surface area contributed by atoms with E-state index in [9.17, 15) is 68.7 Å². The molecule has 0 aromatic heterocycles. The summed E-state index contributed by atoms with van der Waals surface area (Å²) < 4.78 is 59.5. The highest BCUT2D eigenvalue weighted by Crippen LogP contribution is 2.40. The van der Waals surface area contributed by atoms with Crippen LogP contribution in [0.2, 0.25) is 0 Å². The number of esters is 9. The number of hydrogen-bond donors (Lipinski definition) is 8. The van der Waals surface area contributed by atoms with Gasteiger partial charge in [-0.25, -0.2) is 38.4 Å². The molecule has 26 nitrogen and oxygen atoms in total. The van der Waals surface area contributed by atoms with Gasteiger partial charge in [0.1, 0.15) is 115 Å². The van der Waals surface area contributed by atoms with Crippen LogP contribution in [0.25, 0.3) is 0 Å². The van der Waals surface area contributed by atoms with Gasteiger partial charge in [0, 0.05) is 97.0 Å². The number of phenols is 5. The molecule has 0 amide bonds. The molecular formula is C84H79I13N3O23+3. The molecule has 0 spiro atoms.